The number of carbonyl (C=O) groups is 1. The second-order valence-corrected chi connectivity index (χ2v) is 7.16. The first-order chi connectivity index (χ1) is 11.8. The zero-order valence-corrected chi connectivity index (χ0v) is 13.5. The molecule has 1 fully saturated rings. The van der Waals surface area contributed by atoms with Gasteiger partial charge in [-0.15, -0.1) is 0 Å². The number of aromatic nitrogens is 3. The Morgan fingerprint density at radius 3 is 3.17 bits per heavy atom. The lowest BCUT2D eigenvalue weighted by Crippen LogP contribution is -2.47. The van der Waals surface area contributed by atoms with Crippen molar-refractivity contribution in [2.45, 2.75) is 31.1 Å². The quantitative estimate of drug-likeness (QED) is 0.724. The molecule has 1 unspecified atom stereocenters. The Bertz CT molecular complexity index is 924. The molecular weight excluding hydrogens is 300 g/mol. The second kappa shape index (κ2) is 4.97. The average molecular weight is 320 g/mol. The van der Waals surface area contributed by atoms with E-state index in [-0.39, 0.29) is 11.3 Å². The first kappa shape index (κ1) is 13.8. The van der Waals surface area contributed by atoms with E-state index in [9.17, 15) is 4.79 Å². The van der Waals surface area contributed by atoms with Crippen LogP contribution >= 0.6 is 0 Å². The molecule has 3 aromatic rings. The third kappa shape index (κ3) is 1.94. The predicted octanol–water partition coefficient (Wildman–Crippen LogP) is 3.01. The molecule has 1 aliphatic carbocycles. The van der Waals surface area contributed by atoms with E-state index in [2.05, 4.69) is 15.2 Å². The van der Waals surface area contributed by atoms with Gasteiger partial charge in [0.15, 0.2) is 0 Å². The summed E-state index contributed by atoms with van der Waals surface area (Å²) in [6.45, 7) is 1.64. The minimum atomic E-state index is 0.0813. The van der Waals surface area contributed by atoms with E-state index < -0.39 is 0 Å². The summed E-state index contributed by atoms with van der Waals surface area (Å²) in [5, 5.41) is 8.51. The lowest BCUT2D eigenvalue weighted by atomic mass is 9.77. The van der Waals surface area contributed by atoms with Gasteiger partial charge in [0.05, 0.1) is 6.20 Å². The van der Waals surface area contributed by atoms with Crippen molar-refractivity contribution < 1.29 is 4.79 Å². The normalized spacial score (nSPS) is 23.1. The van der Waals surface area contributed by atoms with Crippen LogP contribution < -0.4 is 0 Å². The predicted molar refractivity (Wildman–Crippen MR) is 92.0 cm³/mol. The highest BCUT2D eigenvalue weighted by Gasteiger charge is 2.44. The summed E-state index contributed by atoms with van der Waals surface area (Å²) in [7, 11) is 0. The number of likely N-dealkylation sites (tertiary alicyclic amines) is 1. The van der Waals surface area contributed by atoms with Gasteiger partial charge in [0.25, 0.3) is 5.91 Å². The minimum Gasteiger partial charge on any atom is -0.361 e. The number of carbonyl (C=O) groups excluding carboxylic acids is 1. The van der Waals surface area contributed by atoms with Gasteiger partial charge in [-0.3, -0.25) is 9.89 Å². The van der Waals surface area contributed by atoms with Gasteiger partial charge in [-0.05, 0) is 55.5 Å². The molecule has 24 heavy (non-hydrogen) atoms. The molecule has 1 atom stereocenters. The number of benzene rings is 1. The number of hydrogen-bond acceptors (Lipinski definition) is 2. The molecule has 0 saturated carbocycles. The summed E-state index contributed by atoms with van der Waals surface area (Å²) >= 11 is 0. The number of nitrogens with one attached hydrogen (secondary N) is 2. The van der Waals surface area contributed by atoms with Crippen LogP contribution in [0.5, 0.6) is 0 Å². The van der Waals surface area contributed by atoms with Crippen molar-refractivity contribution in [1.82, 2.24) is 20.1 Å². The highest BCUT2D eigenvalue weighted by Crippen LogP contribution is 2.44. The number of amides is 1. The summed E-state index contributed by atoms with van der Waals surface area (Å²) in [6.07, 6.45) is 8.25. The molecule has 5 rings (SSSR count). The van der Waals surface area contributed by atoms with E-state index in [1.165, 1.54) is 11.3 Å². The Balaban J connectivity index is 1.45. The molecule has 122 valence electrons. The summed E-state index contributed by atoms with van der Waals surface area (Å²) < 4.78 is 0. The number of nitrogens with zero attached hydrogens (tertiary/aromatic N) is 2. The van der Waals surface area contributed by atoms with Gasteiger partial charge in [0.2, 0.25) is 0 Å². The van der Waals surface area contributed by atoms with Crippen LogP contribution in [0, 0.1) is 0 Å². The fourth-order valence-electron chi connectivity index (χ4n) is 4.54. The number of fused-ring (bicyclic) bond motifs is 3. The molecule has 5 heteroatoms. The van der Waals surface area contributed by atoms with Crippen LogP contribution in [0.3, 0.4) is 0 Å². The Morgan fingerprint density at radius 1 is 1.25 bits per heavy atom. The Kier molecular flexibility index (Phi) is 2.86. The number of hydrogen-bond donors (Lipinski definition) is 2. The molecular formula is C19H20N4O. The van der Waals surface area contributed by atoms with Gasteiger partial charge in [0.1, 0.15) is 0 Å². The molecule has 1 aliphatic heterocycles. The first-order valence-electron chi connectivity index (χ1n) is 8.64. The van der Waals surface area contributed by atoms with Gasteiger partial charge >= 0.3 is 0 Å². The lowest BCUT2D eigenvalue weighted by molar-refractivity contribution is 0.0633. The fourth-order valence-corrected chi connectivity index (χ4v) is 4.54. The van der Waals surface area contributed by atoms with Crippen molar-refractivity contribution in [1.29, 1.82) is 0 Å². The highest BCUT2D eigenvalue weighted by molar-refractivity contribution is 5.98. The van der Waals surface area contributed by atoms with Gasteiger partial charge in [-0.1, -0.05) is 0 Å². The van der Waals surface area contributed by atoms with E-state index in [1.54, 1.807) is 0 Å². The standard InChI is InChI=1S/C19H20N4O/c24-18(14-2-3-16-13(10-14)5-8-20-16)23-9-1-6-19(12-23)7-4-15-11-21-22-17(15)19/h2-3,5,8,10-11,20H,1,4,6-7,9,12H2,(H,21,22). The van der Waals surface area contributed by atoms with E-state index in [1.807, 2.05) is 41.6 Å². The monoisotopic (exact) mass is 320 g/mol. The van der Waals surface area contributed by atoms with Crippen molar-refractivity contribution in [2.75, 3.05) is 13.1 Å². The van der Waals surface area contributed by atoms with Gasteiger partial charge in [-0.25, -0.2) is 0 Å². The molecule has 1 aromatic carbocycles. The smallest absolute Gasteiger partial charge is 0.253 e. The fraction of sp³-hybridized carbons (Fsp3) is 0.368. The maximum atomic E-state index is 13.0. The lowest BCUT2D eigenvalue weighted by Gasteiger charge is -2.40. The largest absolute Gasteiger partial charge is 0.361 e. The van der Waals surface area contributed by atoms with Crippen LogP contribution in [-0.2, 0) is 11.8 Å². The van der Waals surface area contributed by atoms with E-state index in [0.717, 1.165) is 55.2 Å². The molecule has 1 amide bonds. The SMILES string of the molecule is O=C(c1ccc2[nH]ccc2c1)N1CCCC2(CCc3cn[nH]c32)C1. The molecule has 2 aliphatic rings. The Morgan fingerprint density at radius 2 is 2.21 bits per heavy atom. The second-order valence-electron chi connectivity index (χ2n) is 7.16. The average Bonchev–Trinajstić information content (AvgIpc) is 3.32. The molecule has 5 nitrogen and oxygen atoms in total. The van der Waals surface area contributed by atoms with Gasteiger partial charge in [0, 0.05) is 46.9 Å². The van der Waals surface area contributed by atoms with Crippen molar-refractivity contribution in [2.24, 2.45) is 0 Å². The van der Waals surface area contributed by atoms with Crippen LogP contribution in [-0.4, -0.2) is 39.1 Å². The number of piperidine rings is 1. The van der Waals surface area contributed by atoms with Crippen molar-refractivity contribution in [3.8, 4) is 0 Å². The molecule has 0 radical (unpaired) electrons. The summed E-state index contributed by atoms with van der Waals surface area (Å²) in [5.41, 5.74) is 4.53. The third-order valence-electron chi connectivity index (χ3n) is 5.79. The number of aryl methyl sites for hydroxylation is 1. The number of H-pyrrole nitrogens is 2. The van der Waals surface area contributed by atoms with Gasteiger partial charge in [-0.2, -0.15) is 5.10 Å². The zero-order valence-electron chi connectivity index (χ0n) is 13.5. The van der Waals surface area contributed by atoms with E-state index in [0.29, 0.717) is 0 Å². The molecule has 2 N–H and O–H groups in total. The summed E-state index contributed by atoms with van der Waals surface area (Å²) in [5.74, 6) is 0.144. The van der Waals surface area contributed by atoms with Crippen LogP contribution in [0.15, 0.2) is 36.7 Å². The molecule has 1 spiro atoms. The summed E-state index contributed by atoms with van der Waals surface area (Å²) in [4.78, 5) is 18.3. The van der Waals surface area contributed by atoms with Crippen molar-refractivity contribution >= 4 is 16.8 Å². The minimum absolute atomic E-state index is 0.0813. The van der Waals surface area contributed by atoms with Gasteiger partial charge < -0.3 is 9.88 Å². The van der Waals surface area contributed by atoms with Crippen LogP contribution in [0.25, 0.3) is 10.9 Å². The van der Waals surface area contributed by atoms with Crippen LogP contribution in [0.2, 0.25) is 0 Å². The van der Waals surface area contributed by atoms with Crippen molar-refractivity contribution in [3.63, 3.8) is 0 Å². The van der Waals surface area contributed by atoms with Crippen LogP contribution in [0.1, 0.15) is 40.9 Å². The maximum Gasteiger partial charge on any atom is 0.253 e. The van der Waals surface area contributed by atoms with E-state index in [4.69, 9.17) is 0 Å². The Labute approximate surface area is 140 Å². The zero-order chi connectivity index (χ0) is 16.1. The number of aromatic amines is 2. The molecule has 1 saturated heterocycles. The van der Waals surface area contributed by atoms with E-state index >= 15 is 0 Å². The Hall–Kier alpha value is -2.56. The molecule has 2 aromatic heterocycles. The summed E-state index contributed by atoms with van der Waals surface area (Å²) in [6, 6.07) is 7.92. The molecule has 3 heterocycles. The van der Waals surface area contributed by atoms with Crippen molar-refractivity contribution in [3.05, 3.63) is 53.5 Å². The topological polar surface area (TPSA) is 64.8 Å². The number of rotatable bonds is 1. The van der Waals surface area contributed by atoms with Crippen LogP contribution in [0.4, 0.5) is 0 Å². The first-order valence-corrected chi connectivity index (χ1v) is 8.64. The molecule has 0 bridgehead atoms. The maximum absolute atomic E-state index is 13.0. The third-order valence-corrected chi connectivity index (χ3v) is 5.79. The highest BCUT2D eigenvalue weighted by atomic mass is 16.2.